The van der Waals surface area contributed by atoms with Crippen LogP contribution in [0.15, 0.2) is 52.5 Å². The Kier molecular flexibility index (Phi) is 3.84. The molecule has 120 valence electrons. The van der Waals surface area contributed by atoms with E-state index in [4.69, 9.17) is 4.42 Å². The first-order valence-corrected chi connectivity index (χ1v) is 8.37. The summed E-state index contributed by atoms with van der Waals surface area (Å²) in [6.45, 7) is 1.96. The van der Waals surface area contributed by atoms with Crippen molar-refractivity contribution in [3.05, 3.63) is 64.4 Å². The van der Waals surface area contributed by atoms with Crippen LogP contribution in [0.3, 0.4) is 0 Å². The largest absolute Gasteiger partial charge is 0.463 e. The third-order valence-corrected chi connectivity index (χ3v) is 4.31. The van der Waals surface area contributed by atoms with Gasteiger partial charge in [0.2, 0.25) is 0 Å². The first-order valence-electron chi connectivity index (χ1n) is 7.49. The van der Waals surface area contributed by atoms with Crippen LogP contribution in [0.5, 0.6) is 0 Å². The highest BCUT2D eigenvalue weighted by molar-refractivity contribution is 7.09. The number of thiophene rings is 1. The molecule has 24 heavy (non-hydrogen) atoms. The number of H-pyrrole nitrogens is 1. The van der Waals surface area contributed by atoms with Crippen LogP contribution in [-0.2, 0) is 6.42 Å². The summed E-state index contributed by atoms with van der Waals surface area (Å²) in [5.74, 6) is 2.95. The van der Waals surface area contributed by atoms with E-state index in [1.807, 2.05) is 37.3 Å². The third kappa shape index (κ3) is 3.21. The molecule has 0 saturated carbocycles. The Morgan fingerprint density at radius 2 is 2.12 bits per heavy atom. The molecule has 0 aromatic carbocycles. The van der Waals surface area contributed by atoms with Crippen molar-refractivity contribution >= 4 is 23.0 Å². The number of hydrogen-bond donors (Lipinski definition) is 2. The maximum Gasteiger partial charge on any atom is 0.154 e. The normalized spacial score (nSPS) is 10.9. The monoisotopic (exact) mass is 337 g/mol. The van der Waals surface area contributed by atoms with Gasteiger partial charge in [0, 0.05) is 29.1 Å². The molecular weight excluding hydrogens is 322 g/mol. The summed E-state index contributed by atoms with van der Waals surface area (Å²) in [6, 6.07) is 11.6. The quantitative estimate of drug-likeness (QED) is 0.571. The standard InChI is InChI=1S/C17H15N5OS/c1-11-8-15(19-16(18-11)9-12-4-3-7-24-12)20-17-10-13(21-22-17)14-5-2-6-23-14/h2-8,10H,9H2,1H3,(H2,18,19,20,21,22). The number of aryl methyl sites for hydroxylation is 1. The van der Waals surface area contributed by atoms with E-state index >= 15 is 0 Å². The first-order chi connectivity index (χ1) is 11.8. The zero-order valence-corrected chi connectivity index (χ0v) is 13.8. The lowest BCUT2D eigenvalue weighted by molar-refractivity contribution is 0.580. The first kappa shape index (κ1) is 14.6. The maximum atomic E-state index is 5.36. The molecule has 0 unspecified atom stereocenters. The van der Waals surface area contributed by atoms with Gasteiger partial charge in [0.05, 0.1) is 6.26 Å². The van der Waals surface area contributed by atoms with Crippen LogP contribution in [0.1, 0.15) is 16.4 Å². The fraction of sp³-hybridized carbons (Fsp3) is 0.118. The van der Waals surface area contributed by atoms with E-state index in [1.54, 1.807) is 17.6 Å². The molecule has 0 saturated heterocycles. The highest BCUT2D eigenvalue weighted by Gasteiger charge is 2.09. The van der Waals surface area contributed by atoms with E-state index in [9.17, 15) is 0 Å². The van der Waals surface area contributed by atoms with Gasteiger partial charge >= 0.3 is 0 Å². The molecule has 4 aromatic rings. The fourth-order valence-corrected chi connectivity index (χ4v) is 3.12. The van der Waals surface area contributed by atoms with Gasteiger partial charge < -0.3 is 9.73 Å². The predicted octanol–water partition coefficient (Wildman–Crippen LogP) is 4.16. The number of hydrogen-bond acceptors (Lipinski definition) is 6. The zero-order valence-electron chi connectivity index (χ0n) is 13.0. The van der Waals surface area contributed by atoms with Crippen molar-refractivity contribution in [3.8, 4) is 11.5 Å². The van der Waals surface area contributed by atoms with Gasteiger partial charge in [0.15, 0.2) is 11.6 Å². The Bertz CT molecular complexity index is 928. The summed E-state index contributed by atoms with van der Waals surface area (Å²) >= 11 is 1.71. The summed E-state index contributed by atoms with van der Waals surface area (Å²) in [5, 5.41) is 12.5. The van der Waals surface area contributed by atoms with E-state index in [-0.39, 0.29) is 0 Å². The van der Waals surface area contributed by atoms with Crippen molar-refractivity contribution in [3.63, 3.8) is 0 Å². The molecule has 0 radical (unpaired) electrons. The lowest BCUT2D eigenvalue weighted by Crippen LogP contribution is -2.02. The Labute approximate surface area is 142 Å². The molecule has 0 amide bonds. The predicted molar refractivity (Wildman–Crippen MR) is 93.5 cm³/mol. The van der Waals surface area contributed by atoms with Crippen molar-refractivity contribution in [2.45, 2.75) is 13.3 Å². The Morgan fingerprint density at radius 1 is 1.17 bits per heavy atom. The number of nitrogens with one attached hydrogen (secondary N) is 2. The number of rotatable bonds is 5. The topological polar surface area (TPSA) is 79.6 Å². The highest BCUT2D eigenvalue weighted by atomic mass is 32.1. The molecule has 4 aromatic heterocycles. The molecule has 6 nitrogen and oxygen atoms in total. The Hall–Kier alpha value is -2.93. The van der Waals surface area contributed by atoms with E-state index in [2.05, 4.69) is 36.9 Å². The van der Waals surface area contributed by atoms with Crippen LogP contribution in [0.2, 0.25) is 0 Å². The van der Waals surface area contributed by atoms with Crippen molar-refractivity contribution in [1.29, 1.82) is 0 Å². The number of aromatic nitrogens is 4. The minimum atomic E-state index is 0.682. The lowest BCUT2D eigenvalue weighted by atomic mass is 10.3. The van der Waals surface area contributed by atoms with Crippen molar-refractivity contribution in [2.75, 3.05) is 5.32 Å². The van der Waals surface area contributed by atoms with E-state index < -0.39 is 0 Å². The number of nitrogens with zero attached hydrogens (tertiary/aromatic N) is 3. The Balaban J connectivity index is 1.55. The number of aromatic amines is 1. The Morgan fingerprint density at radius 3 is 2.92 bits per heavy atom. The second kappa shape index (κ2) is 6.29. The average Bonchev–Trinajstić information content (AvgIpc) is 3.28. The summed E-state index contributed by atoms with van der Waals surface area (Å²) in [5.41, 5.74) is 1.73. The maximum absolute atomic E-state index is 5.36. The number of furan rings is 1. The molecule has 0 aliphatic rings. The second-order valence-electron chi connectivity index (χ2n) is 5.34. The SMILES string of the molecule is Cc1cc(Nc2cc(-c3ccco3)[nH]n2)nc(Cc2cccs2)n1. The average molecular weight is 337 g/mol. The van der Waals surface area contributed by atoms with Gasteiger partial charge in [-0.15, -0.1) is 11.3 Å². The van der Waals surface area contributed by atoms with E-state index in [0.717, 1.165) is 35.2 Å². The lowest BCUT2D eigenvalue weighted by Gasteiger charge is -2.06. The van der Waals surface area contributed by atoms with Gasteiger partial charge in [-0.1, -0.05) is 6.07 Å². The van der Waals surface area contributed by atoms with Gasteiger partial charge in [-0.25, -0.2) is 9.97 Å². The minimum Gasteiger partial charge on any atom is -0.463 e. The van der Waals surface area contributed by atoms with E-state index in [1.165, 1.54) is 4.88 Å². The molecule has 7 heteroatoms. The van der Waals surface area contributed by atoms with Crippen molar-refractivity contribution < 1.29 is 4.42 Å². The van der Waals surface area contributed by atoms with Crippen LogP contribution in [-0.4, -0.2) is 20.2 Å². The molecule has 0 aliphatic heterocycles. The fourth-order valence-electron chi connectivity index (χ4n) is 2.42. The van der Waals surface area contributed by atoms with Gasteiger partial charge in [-0.2, -0.15) is 5.10 Å². The minimum absolute atomic E-state index is 0.682. The molecule has 4 rings (SSSR count). The zero-order chi connectivity index (χ0) is 16.4. The van der Waals surface area contributed by atoms with Crippen LogP contribution >= 0.6 is 11.3 Å². The van der Waals surface area contributed by atoms with Gasteiger partial charge in [0.25, 0.3) is 0 Å². The molecule has 2 N–H and O–H groups in total. The molecule has 0 atom stereocenters. The summed E-state index contributed by atoms with van der Waals surface area (Å²) in [6.07, 6.45) is 2.36. The summed E-state index contributed by atoms with van der Waals surface area (Å²) in [4.78, 5) is 10.3. The third-order valence-electron chi connectivity index (χ3n) is 3.43. The smallest absolute Gasteiger partial charge is 0.154 e. The van der Waals surface area contributed by atoms with Crippen LogP contribution in [0.25, 0.3) is 11.5 Å². The molecule has 4 heterocycles. The van der Waals surface area contributed by atoms with Gasteiger partial charge in [-0.05, 0) is 30.5 Å². The van der Waals surface area contributed by atoms with Gasteiger partial charge in [-0.3, -0.25) is 5.10 Å². The molecule has 0 fully saturated rings. The van der Waals surface area contributed by atoms with Crippen LogP contribution in [0, 0.1) is 6.92 Å². The molecular formula is C17H15N5OS. The van der Waals surface area contributed by atoms with Crippen molar-refractivity contribution in [2.24, 2.45) is 0 Å². The molecule has 0 aliphatic carbocycles. The summed E-state index contributed by atoms with van der Waals surface area (Å²) in [7, 11) is 0. The number of anilines is 2. The molecule has 0 spiro atoms. The van der Waals surface area contributed by atoms with Crippen molar-refractivity contribution in [1.82, 2.24) is 20.2 Å². The van der Waals surface area contributed by atoms with Gasteiger partial charge in [0.1, 0.15) is 17.3 Å². The summed E-state index contributed by atoms with van der Waals surface area (Å²) < 4.78 is 5.36. The van der Waals surface area contributed by atoms with E-state index in [0.29, 0.717) is 5.82 Å². The second-order valence-corrected chi connectivity index (χ2v) is 6.37. The highest BCUT2D eigenvalue weighted by Crippen LogP contribution is 2.22. The molecule has 0 bridgehead atoms. The van der Waals surface area contributed by atoms with Crippen LogP contribution < -0.4 is 5.32 Å². The van der Waals surface area contributed by atoms with Crippen LogP contribution in [0.4, 0.5) is 11.6 Å².